The summed E-state index contributed by atoms with van der Waals surface area (Å²) in [5, 5.41) is 0. The van der Waals surface area contributed by atoms with Crippen LogP contribution >= 0.6 is 0 Å². The van der Waals surface area contributed by atoms with Crippen LogP contribution in [0.4, 0.5) is 0 Å². The minimum absolute atomic E-state index is 0.326. The zero-order chi connectivity index (χ0) is 12.8. The van der Waals surface area contributed by atoms with Gasteiger partial charge in [-0.05, 0) is 38.1 Å². The van der Waals surface area contributed by atoms with Crippen molar-refractivity contribution in [3.8, 4) is 0 Å². The highest BCUT2D eigenvalue weighted by Crippen LogP contribution is 2.30. The molecule has 3 unspecified atom stereocenters. The van der Waals surface area contributed by atoms with E-state index in [-0.39, 0.29) is 0 Å². The molecule has 1 aliphatic carbocycles. The molecule has 0 heterocycles. The van der Waals surface area contributed by atoms with E-state index in [0.29, 0.717) is 30.2 Å². The fourth-order valence-electron chi connectivity index (χ4n) is 2.86. The minimum Gasteiger partial charge on any atom is -0.340 e. The Kier molecular flexibility index (Phi) is 5.96. The molecule has 17 heavy (non-hydrogen) atoms. The van der Waals surface area contributed by atoms with E-state index in [4.69, 9.17) is 5.73 Å². The predicted octanol–water partition coefficient (Wildman–Crippen LogP) is 2.40. The quantitative estimate of drug-likeness (QED) is 0.775. The zero-order valence-electron chi connectivity index (χ0n) is 11.6. The van der Waals surface area contributed by atoms with Crippen molar-refractivity contribution in [2.45, 2.75) is 58.9 Å². The lowest BCUT2D eigenvalue weighted by atomic mass is 9.99. The largest absolute Gasteiger partial charge is 0.340 e. The number of nitrogens with zero attached hydrogens (tertiary/aromatic N) is 1. The highest BCUT2D eigenvalue weighted by molar-refractivity contribution is 5.76. The van der Waals surface area contributed by atoms with Crippen LogP contribution in [0.25, 0.3) is 0 Å². The van der Waals surface area contributed by atoms with Crippen molar-refractivity contribution in [3.05, 3.63) is 0 Å². The lowest BCUT2D eigenvalue weighted by Gasteiger charge is -2.32. The molecule has 1 aliphatic rings. The summed E-state index contributed by atoms with van der Waals surface area (Å²) in [6.45, 7) is 7.93. The Hall–Kier alpha value is -0.570. The summed E-state index contributed by atoms with van der Waals surface area (Å²) in [7, 11) is 0. The second-order valence-corrected chi connectivity index (χ2v) is 5.39. The molecule has 3 nitrogen and oxygen atoms in total. The molecule has 1 saturated carbocycles. The average molecular weight is 240 g/mol. The summed E-state index contributed by atoms with van der Waals surface area (Å²) in [6.07, 6.45) is 5.32. The molecule has 0 aliphatic heterocycles. The van der Waals surface area contributed by atoms with Crippen LogP contribution in [0.3, 0.4) is 0 Å². The predicted molar refractivity (Wildman–Crippen MR) is 71.6 cm³/mol. The summed E-state index contributed by atoms with van der Waals surface area (Å²) in [4.78, 5) is 14.4. The standard InChI is InChI=1S/C14H28N2O/c1-4-11(3)9-14(17)16(5-2)13-8-6-7-12(13)10-15/h11-13H,4-10,15H2,1-3H3. The molecule has 0 aromatic rings. The monoisotopic (exact) mass is 240 g/mol. The number of hydrogen-bond donors (Lipinski definition) is 1. The molecule has 3 heteroatoms. The van der Waals surface area contributed by atoms with Crippen molar-refractivity contribution >= 4 is 5.91 Å². The second kappa shape index (κ2) is 7.00. The van der Waals surface area contributed by atoms with Crippen molar-refractivity contribution in [1.82, 2.24) is 4.90 Å². The van der Waals surface area contributed by atoms with E-state index < -0.39 is 0 Å². The molecule has 1 rings (SSSR count). The van der Waals surface area contributed by atoms with E-state index in [0.717, 1.165) is 25.9 Å². The van der Waals surface area contributed by atoms with Gasteiger partial charge in [-0.1, -0.05) is 26.7 Å². The van der Waals surface area contributed by atoms with Crippen LogP contribution in [-0.2, 0) is 4.79 Å². The smallest absolute Gasteiger partial charge is 0.223 e. The van der Waals surface area contributed by atoms with Crippen LogP contribution in [0.2, 0.25) is 0 Å². The van der Waals surface area contributed by atoms with Crippen LogP contribution in [0.5, 0.6) is 0 Å². The van der Waals surface area contributed by atoms with E-state index in [1.165, 1.54) is 12.8 Å². The summed E-state index contributed by atoms with van der Waals surface area (Å²) in [6, 6.07) is 0.404. The summed E-state index contributed by atoms with van der Waals surface area (Å²) in [5.74, 6) is 1.34. The molecule has 100 valence electrons. The van der Waals surface area contributed by atoms with Crippen molar-refractivity contribution in [3.63, 3.8) is 0 Å². The Morgan fingerprint density at radius 1 is 1.41 bits per heavy atom. The van der Waals surface area contributed by atoms with Crippen molar-refractivity contribution < 1.29 is 4.79 Å². The molecule has 1 fully saturated rings. The first-order valence-electron chi connectivity index (χ1n) is 7.13. The van der Waals surface area contributed by atoms with Crippen LogP contribution in [0.1, 0.15) is 52.9 Å². The number of hydrogen-bond acceptors (Lipinski definition) is 2. The number of carbonyl (C=O) groups excluding carboxylic acids is 1. The van der Waals surface area contributed by atoms with E-state index >= 15 is 0 Å². The van der Waals surface area contributed by atoms with Gasteiger partial charge in [0.05, 0.1) is 0 Å². The third kappa shape index (κ3) is 3.70. The van der Waals surface area contributed by atoms with Crippen molar-refractivity contribution in [2.24, 2.45) is 17.6 Å². The van der Waals surface area contributed by atoms with Gasteiger partial charge in [-0.15, -0.1) is 0 Å². The third-order valence-electron chi connectivity index (χ3n) is 4.20. The summed E-state index contributed by atoms with van der Waals surface area (Å²) < 4.78 is 0. The molecular formula is C14H28N2O. The van der Waals surface area contributed by atoms with Gasteiger partial charge in [0.25, 0.3) is 0 Å². The Labute approximate surface area is 106 Å². The SMILES string of the molecule is CCC(C)CC(=O)N(CC)C1CCCC1CN. The normalized spacial score (nSPS) is 25.9. The zero-order valence-corrected chi connectivity index (χ0v) is 11.6. The van der Waals surface area contributed by atoms with Crippen molar-refractivity contribution in [1.29, 1.82) is 0 Å². The van der Waals surface area contributed by atoms with E-state index in [1.54, 1.807) is 0 Å². The molecule has 0 aromatic carbocycles. The number of carbonyl (C=O) groups is 1. The van der Waals surface area contributed by atoms with Crippen LogP contribution in [0, 0.1) is 11.8 Å². The summed E-state index contributed by atoms with van der Waals surface area (Å²) >= 11 is 0. The summed E-state index contributed by atoms with van der Waals surface area (Å²) in [5.41, 5.74) is 5.81. The van der Waals surface area contributed by atoms with E-state index in [1.807, 2.05) is 0 Å². The minimum atomic E-state index is 0.326. The van der Waals surface area contributed by atoms with Crippen LogP contribution in [-0.4, -0.2) is 29.9 Å². The molecule has 2 N–H and O–H groups in total. The fourth-order valence-corrected chi connectivity index (χ4v) is 2.86. The maximum atomic E-state index is 12.3. The number of rotatable bonds is 6. The maximum absolute atomic E-state index is 12.3. The Balaban J connectivity index is 2.60. The van der Waals surface area contributed by atoms with Gasteiger partial charge in [0.15, 0.2) is 0 Å². The number of nitrogens with two attached hydrogens (primary N) is 1. The van der Waals surface area contributed by atoms with Gasteiger partial charge in [0.1, 0.15) is 0 Å². The Bertz CT molecular complexity index is 242. The molecule has 0 bridgehead atoms. The topological polar surface area (TPSA) is 46.3 Å². The van der Waals surface area contributed by atoms with Crippen LogP contribution < -0.4 is 5.73 Å². The second-order valence-electron chi connectivity index (χ2n) is 5.39. The van der Waals surface area contributed by atoms with Gasteiger partial charge in [-0.25, -0.2) is 0 Å². The molecular weight excluding hydrogens is 212 g/mol. The average Bonchev–Trinajstić information content (AvgIpc) is 2.78. The fraction of sp³-hybridized carbons (Fsp3) is 0.929. The number of amides is 1. The molecule has 0 saturated heterocycles. The van der Waals surface area contributed by atoms with Gasteiger partial charge in [-0.2, -0.15) is 0 Å². The van der Waals surface area contributed by atoms with Gasteiger partial charge in [0, 0.05) is 19.0 Å². The first kappa shape index (κ1) is 14.5. The molecule has 0 aromatic heterocycles. The van der Waals surface area contributed by atoms with Gasteiger partial charge in [0.2, 0.25) is 5.91 Å². The van der Waals surface area contributed by atoms with E-state index in [9.17, 15) is 4.79 Å². The first-order valence-corrected chi connectivity index (χ1v) is 7.13. The lowest BCUT2D eigenvalue weighted by Crippen LogP contribution is -2.44. The first-order chi connectivity index (χ1) is 8.13. The van der Waals surface area contributed by atoms with Gasteiger partial charge >= 0.3 is 0 Å². The molecule has 0 spiro atoms. The van der Waals surface area contributed by atoms with Crippen LogP contribution in [0.15, 0.2) is 0 Å². The van der Waals surface area contributed by atoms with E-state index in [2.05, 4.69) is 25.7 Å². The highest BCUT2D eigenvalue weighted by Gasteiger charge is 2.33. The lowest BCUT2D eigenvalue weighted by molar-refractivity contribution is -0.134. The molecule has 3 atom stereocenters. The molecule has 0 radical (unpaired) electrons. The maximum Gasteiger partial charge on any atom is 0.223 e. The molecule has 1 amide bonds. The van der Waals surface area contributed by atoms with Crippen molar-refractivity contribution in [2.75, 3.05) is 13.1 Å². The Morgan fingerprint density at radius 3 is 2.65 bits per heavy atom. The third-order valence-corrected chi connectivity index (χ3v) is 4.20. The van der Waals surface area contributed by atoms with Gasteiger partial charge in [-0.3, -0.25) is 4.79 Å². The van der Waals surface area contributed by atoms with Gasteiger partial charge < -0.3 is 10.6 Å². The highest BCUT2D eigenvalue weighted by atomic mass is 16.2. The Morgan fingerprint density at radius 2 is 2.12 bits per heavy atom.